The quantitative estimate of drug-likeness (QED) is 0.351. The van der Waals surface area contributed by atoms with Gasteiger partial charge in [-0.3, -0.25) is 14.3 Å². The van der Waals surface area contributed by atoms with Gasteiger partial charge in [-0.25, -0.2) is 4.39 Å². The summed E-state index contributed by atoms with van der Waals surface area (Å²) in [6, 6.07) is 13.9. The van der Waals surface area contributed by atoms with E-state index in [0.29, 0.717) is 10.7 Å². The van der Waals surface area contributed by atoms with Gasteiger partial charge in [0.25, 0.3) is 0 Å². The largest absolute Gasteiger partial charge is 0.360 e. The van der Waals surface area contributed by atoms with Crippen LogP contribution in [0.1, 0.15) is 29.1 Å². The standard InChI is InChI=1S/C22H22FN5OS/c1-14(27(2)3)21-25-26-22(28(21)16-10-8-15(23)9-11-16)30-13-20(29)18-12-24-19-7-5-4-6-17(18)19/h4-12,14,24H,13H2,1-3H3/t14-/m1/s1. The van der Waals surface area contributed by atoms with Crippen molar-refractivity contribution in [2.24, 2.45) is 0 Å². The first-order chi connectivity index (χ1) is 14.5. The Hall–Kier alpha value is -2.97. The topological polar surface area (TPSA) is 66.8 Å². The molecule has 2 aromatic carbocycles. The van der Waals surface area contributed by atoms with Crippen molar-refractivity contribution < 1.29 is 9.18 Å². The lowest BCUT2D eigenvalue weighted by molar-refractivity contribution is 0.102. The Balaban J connectivity index is 1.64. The molecular weight excluding hydrogens is 401 g/mol. The van der Waals surface area contributed by atoms with Crippen LogP contribution < -0.4 is 0 Å². The highest BCUT2D eigenvalue weighted by Gasteiger charge is 2.22. The summed E-state index contributed by atoms with van der Waals surface area (Å²) >= 11 is 1.32. The maximum atomic E-state index is 13.5. The smallest absolute Gasteiger partial charge is 0.196 e. The van der Waals surface area contributed by atoms with Crippen LogP contribution in [0, 0.1) is 5.82 Å². The van der Waals surface area contributed by atoms with Crippen LogP contribution in [0.4, 0.5) is 4.39 Å². The molecule has 0 amide bonds. The number of halogens is 1. The molecule has 2 aromatic heterocycles. The van der Waals surface area contributed by atoms with E-state index in [-0.39, 0.29) is 23.4 Å². The number of Topliss-reactive ketones (excluding diaryl/α,β-unsaturated/α-hetero) is 1. The highest BCUT2D eigenvalue weighted by molar-refractivity contribution is 7.99. The number of nitrogens with one attached hydrogen (secondary N) is 1. The van der Waals surface area contributed by atoms with Crippen LogP contribution >= 0.6 is 11.8 Å². The Bertz CT molecular complexity index is 1180. The zero-order valence-electron chi connectivity index (χ0n) is 17.0. The van der Waals surface area contributed by atoms with Crippen LogP contribution in [0.25, 0.3) is 16.6 Å². The van der Waals surface area contributed by atoms with Crippen molar-refractivity contribution >= 4 is 28.4 Å². The van der Waals surface area contributed by atoms with E-state index in [1.807, 2.05) is 54.8 Å². The van der Waals surface area contributed by atoms with Gasteiger partial charge in [-0.1, -0.05) is 30.0 Å². The van der Waals surface area contributed by atoms with Gasteiger partial charge >= 0.3 is 0 Å². The molecule has 0 unspecified atom stereocenters. The van der Waals surface area contributed by atoms with E-state index in [0.717, 1.165) is 22.4 Å². The fourth-order valence-electron chi connectivity index (χ4n) is 3.22. The fraction of sp³-hybridized carbons (Fsp3) is 0.227. The number of hydrogen-bond donors (Lipinski definition) is 1. The first kappa shape index (κ1) is 20.3. The second kappa shape index (κ2) is 8.41. The summed E-state index contributed by atoms with van der Waals surface area (Å²) in [7, 11) is 3.92. The Kier molecular flexibility index (Phi) is 5.69. The zero-order chi connectivity index (χ0) is 21.3. The fourth-order valence-corrected chi connectivity index (χ4v) is 4.06. The van der Waals surface area contributed by atoms with E-state index >= 15 is 0 Å². The predicted molar refractivity (Wildman–Crippen MR) is 117 cm³/mol. The van der Waals surface area contributed by atoms with Gasteiger partial charge in [0.2, 0.25) is 0 Å². The summed E-state index contributed by atoms with van der Waals surface area (Å²) in [6.45, 7) is 2.02. The van der Waals surface area contributed by atoms with Crippen molar-refractivity contribution in [1.82, 2.24) is 24.6 Å². The molecule has 2 heterocycles. The van der Waals surface area contributed by atoms with Gasteiger partial charge in [0.15, 0.2) is 16.8 Å². The minimum absolute atomic E-state index is 0.00770. The number of H-pyrrole nitrogens is 1. The van der Waals surface area contributed by atoms with Gasteiger partial charge in [-0.05, 0) is 51.4 Å². The van der Waals surface area contributed by atoms with Crippen molar-refractivity contribution in [3.05, 3.63) is 71.9 Å². The molecule has 0 spiro atoms. The third-order valence-electron chi connectivity index (χ3n) is 5.11. The number of hydrogen-bond acceptors (Lipinski definition) is 5. The molecule has 1 N–H and O–H groups in total. The molecule has 4 rings (SSSR count). The molecule has 6 nitrogen and oxygen atoms in total. The van der Waals surface area contributed by atoms with Crippen LogP contribution in [0.5, 0.6) is 0 Å². The van der Waals surface area contributed by atoms with E-state index in [9.17, 15) is 9.18 Å². The molecular formula is C22H22FN5OS. The number of aromatic amines is 1. The average molecular weight is 424 g/mol. The van der Waals surface area contributed by atoms with Crippen molar-refractivity contribution in [2.75, 3.05) is 19.8 Å². The number of nitrogens with zero attached hydrogens (tertiary/aromatic N) is 4. The number of fused-ring (bicyclic) bond motifs is 1. The van der Waals surface area contributed by atoms with Crippen molar-refractivity contribution in [3.8, 4) is 5.69 Å². The maximum Gasteiger partial charge on any atom is 0.196 e. The van der Waals surface area contributed by atoms with Gasteiger partial charge in [0, 0.05) is 28.4 Å². The van der Waals surface area contributed by atoms with E-state index in [2.05, 4.69) is 15.2 Å². The van der Waals surface area contributed by atoms with Crippen LogP contribution in [-0.4, -0.2) is 50.3 Å². The van der Waals surface area contributed by atoms with Crippen molar-refractivity contribution in [1.29, 1.82) is 0 Å². The second-order valence-electron chi connectivity index (χ2n) is 7.25. The Labute approximate surface area is 178 Å². The number of thioether (sulfide) groups is 1. The zero-order valence-corrected chi connectivity index (χ0v) is 17.8. The van der Waals surface area contributed by atoms with E-state index in [1.165, 1.54) is 23.9 Å². The molecule has 4 aromatic rings. The first-order valence-corrected chi connectivity index (χ1v) is 10.5. The lowest BCUT2D eigenvalue weighted by Crippen LogP contribution is -2.20. The van der Waals surface area contributed by atoms with Gasteiger partial charge in [-0.15, -0.1) is 10.2 Å². The molecule has 154 valence electrons. The van der Waals surface area contributed by atoms with Crippen molar-refractivity contribution in [2.45, 2.75) is 18.1 Å². The number of carbonyl (C=O) groups is 1. The van der Waals surface area contributed by atoms with E-state index in [4.69, 9.17) is 0 Å². The number of ketones is 1. The Morgan fingerprint density at radius 1 is 1.17 bits per heavy atom. The minimum Gasteiger partial charge on any atom is -0.360 e. The first-order valence-electron chi connectivity index (χ1n) is 9.55. The molecule has 0 saturated heterocycles. The van der Waals surface area contributed by atoms with Gasteiger partial charge < -0.3 is 4.98 Å². The SMILES string of the molecule is C[C@H](c1nnc(SCC(=O)c2c[nH]c3ccccc23)n1-c1ccc(F)cc1)N(C)C. The molecule has 0 bridgehead atoms. The van der Waals surface area contributed by atoms with Gasteiger partial charge in [-0.2, -0.15) is 0 Å². The lowest BCUT2D eigenvalue weighted by Gasteiger charge is -2.20. The van der Waals surface area contributed by atoms with Gasteiger partial charge in [0.1, 0.15) is 5.82 Å². The summed E-state index contributed by atoms with van der Waals surface area (Å²) in [6.07, 6.45) is 1.75. The molecule has 0 aliphatic rings. The number of para-hydroxylation sites is 1. The molecule has 0 aliphatic heterocycles. The number of rotatable bonds is 7. The molecule has 0 fully saturated rings. The summed E-state index contributed by atoms with van der Waals surface area (Å²) < 4.78 is 15.3. The average Bonchev–Trinajstić information content (AvgIpc) is 3.36. The highest BCUT2D eigenvalue weighted by atomic mass is 32.2. The highest BCUT2D eigenvalue weighted by Crippen LogP contribution is 2.28. The normalized spacial score (nSPS) is 12.6. The molecule has 1 atom stereocenters. The van der Waals surface area contributed by atoms with Crippen LogP contribution in [-0.2, 0) is 0 Å². The van der Waals surface area contributed by atoms with Crippen LogP contribution in [0.2, 0.25) is 0 Å². The Morgan fingerprint density at radius 2 is 1.90 bits per heavy atom. The minimum atomic E-state index is -0.308. The summed E-state index contributed by atoms with van der Waals surface area (Å²) in [5.41, 5.74) is 2.35. The monoisotopic (exact) mass is 423 g/mol. The van der Waals surface area contributed by atoms with Crippen LogP contribution in [0.3, 0.4) is 0 Å². The number of benzene rings is 2. The third kappa shape index (κ3) is 3.88. The van der Waals surface area contributed by atoms with Crippen molar-refractivity contribution in [3.63, 3.8) is 0 Å². The summed E-state index contributed by atoms with van der Waals surface area (Å²) in [5, 5.41) is 10.2. The lowest BCUT2D eigenvalue weighted by atomic mass is 10.1. The predicted octanol–water partition coefficient (Wildman–Crippen LogP) is 4.49. The molecule has 30 heavy (non-hydrogen) atoms. The molecule has 0 radical (unpaired) electrons. The summed E-state index contributed by atoms with van der Waals surface area (Å²) in [5.74, 6) is 0.650. The molecule has 0 saturated carbocycles. The maximum absolute atomic E-state index is 13.5. The second-order valence-corrected chi connectivity index (χ2v) is 8.19. The molecule has 0 aliphatic carbocycles. The third-order valence-corrected chi connectivity index (χ3v) is 6.04. The van der Waals surface area contributed by atoms with E-state index < -0.39 is 0 Å². The van der Waals surface area contributed by atoms with E-state index in [1.54, 1.807) is 18.3 Å². The number of carbonyl (C=O) groups excluding carboxylic acids is 1. The van der Waals surface area contributed by atoms with Gasteiger partial charge in [0.05, 0.1) is 11.8 Å². The Morgan fingerprint density at radius 3 is 2.63 bits per heavy atom. The van der Waals surface area contributed by atoms with Crippen LogP contribution in [0.15, 0.2) is 59.9 Å². The summed E-state index contributed by atoms with van der Waals surface area (Å²) in [4.78, 5) is 18.0. The number of aromatic nitrogens is 4. The molecule has 8 heteroatoms.